The Morgan fingerprint density at radius 1 is 1.67 bits per heavy atom. The van der Waals surface area contributed by atoms with E-state index in [-0.39, 0.29) is 5.92 Å². The lowest BCUT2D eigenvalue weighted by atomic mass is 10.1. The maximum Gasteiger partial charge on any atom is 0.307 e. The van der Waals surface area contributed by atoms with Crippen molar-refractivity contribution in [3.05, 3.63) is 24.0 Å². The van der Waals surface area contributed by atoms with E-state index in [9.17, 15) is 4.79 Å². The highest BCUT2D eigenvalue weighted by atomic mass is 16.5. The van der Waals surface area contributed by atoms with Gasteiger partial charge in [-0.05, 0) is 38.0 Å². The van der Waals surface area contributed by atoms with Gasteiger partial charge in [-0.2, -0.15) is 0 Å². The first-order valence-electron chi connectivity index (χ1n) is 6.44. The third-order valence-corrected chi connectivity index (χ3v) is 4.18. The van der Waals surface area contributed by atoms with Gasteiger partial charge in [0.1, 0.15) is 5.76 Å². The summed E-state index contributed by atoms with van der Waals surface area (Å²) in [6, 6.07) is 0.398. The van der Waals surface area contributed by atoms with Crippen LogP contribution in [-0.4, -0.2) is 42.2 Å². The van der Waals surface area contributed by atoms with Gasteiger partial charge in [0.25, 0.3) is 0 Å². The van der Waals surface area contributed by atoms with Gasteiger partial charge in [-0.15, -0.1) is 0 Å². The van der Waals surface area contributed by atoms with Gasteiger partial charge in [0, 0.05) is 18.5 Å². The molecule has 2 fully saturated rings. The summed E-state index contributed by atoms with van der Waals surface area (Å²) < 4.78 is 5.27. The number of hydrogen-bond acceptors (Lipinski definition) is 3. The van der Waals surface area contributed by atoms with Gasteiger partial charge in [-0.25, -0.2) is 0 Å². The van der Waals surface area contributed by atoms with Crippen molar-refractivity contribution in [3.63, 3.8) is 0 Å². The van der Waals surface area contributed by atoms with Crippen LogP contribution in [0.4, 0.5) is 0 Å². The molecule has 3 atom stereocenters. The Hall–Kier alpha value is -1.29. The number of nitrogens with zero attached hydrogens (tertiary/aromatic N) is 1. The second-order valence-corrected chi connectivity index (χ2v) is 5.17. The molecule has 0 aromatic carbocycles. The lowest BCUT2D eigenvalue weighted by molar-refractivity contribution is -0.141. The smallest absolute Gasteiger partial charge is 0.307 e. The minimum Gasteiger partial charge on any atom is -0.497 e. The summed E-state index contributed by atoms with van der Waals surface area (Å²) in [6.45, 7) is 7.49. The molecule has 100 valence electrons. The van der Waals surface area contributed by atoms with Gasteiger partial charge in [0.15, 0.2) is 0 Å². The van der Waals surface area contributed by atoms with Crippen LogP contribution in [0.2, 0.25) is 0 Å². The van der Waals surface area contributed by atoms with E-state index in [1.54, 1.807) is 13.2 Å². The first kappa shape index (κ1) is 13.1. The third-order valence-electron chi connectivity index (χ3n) is 4.18. The van der Waals surface area contributed by atoms with Crippen LogP contribution in [-0.2, 0) is 9.53 Å². The van der Waals surface area contributed by atoms with Gasteiger partial charge in [-0.3, -0.25) is 9.69 Å². The summed E-state index contributed by atoms with van der Waals surface area (Å²) in [4.78, 5) is 13.2. The van der Waals surface area contributed by atoms with Crippen LogP contribution in [0.1, 0.15) is 19.8 Å². The minimum atomic E-state index is -0.667. The molecule has 0 aromatic rings. The maximum absolute atomic E-state index is 11.0. The number of ether oxygens (including phenoxy) is 1. The van der Waals surface area contributed by atoms with E-state index >= 15 is 0 Å². The van der Waals surface area contributed by atoms with Crippen molar-refractivity contribution in [1.29, 1.82) is 0 Å². The first-order valence-corrected chi connectivity index (χ1v) is 6.44. The van der Waals surface area contributed by atoms with Gasteiger partial charge < -0.3 is 9.84 Å². The predicted molar refractivity (Wildman–Crippen MR) is 69.1 cm³/mol. The molecular formula is C14H21NO3. The van der Waals surface area contributed by atoms with Crippen LogP contribution < -0.4 is 0 Å². The molecule has 0 aromatic heterocycles. The summed E-state index contributed by atoms with van der Waals surface area (Å²) in [7, 11) is 1.67. The molecule has 1 aliphatic heterocycles. The number of aliphatic carboxylic acids is 1. The standard InChI is InChI=1S/C14H21NO3/c1-4-13(18-3)12-7-11(12)9(2)15-6-5-10(8-15)14(16)17/h4,9-11H,1,5-8H2,2-3H3,(H,16,17)/b13-12-/t9-,10+,11-/m0/s1. The molecular weight excluding hydrogens is 230 g/mol. The van der Waals surface area contributed by atoms with Gasteiger partial charge >= 0.3 is 5.97 Å². The number of hydrogen-bond donors (Lipinski definition) is 1. The number of carboxylic acid groups (broad SMARTS) is 1. The van der Waals surface area contributed by atoms with E-state index in [1.165, 1.54) is 5.57 Å². The molecule has 0 spiro atoms. The Balaban J connectivity index is 1.95. The topological polar surface area (TPSA) is 49.8 Å². The zero-order valence-corrected chi connectivity index (χ0v) is 11.1. The van der Waals surface area contributed by atoms with Crippen LogP contribution in [0.25, 0.3) is 0 Å². The quantitative estimate of drug-likeness (QED) is 0.758. The maximum atomic E-state index is 11.0. The highest BCUT2D eigenvalue weighted by Crippen LogP contribution is 2.45. The molecule has 0 amide bonds. The van der Waals surface area contributed by atoms with Crippen molar-refractivity contribution in [3.8, 4) is 0 Å². The van der Waals surface area contributed by atoms with Crippen LogP contribution in [0.5, 0.6) is 0 Å². The molecule has 18 heavy (non-hydrogen) atoms. The lowest BCUT2D eigenvalue weighted by Crippen LogP contribution is -2.33. The molecule has 1 saturated carbocycles. The average molecular weight is 251 g/mol. The Kier molecular flexibility index (Phi) is 3.76. The normalized spacial score (nSPS) is 31.9. The predicted octanol–water partition coefficient (Wildman–Crippen LogP) is 1.89. The van der Waals surface area contributed by atoms with Crippen molar-refractivity contribution in [2.75, 3.05) is 20.2 Å². The van der Waals surface area contributed by atoms with Crippen molar-refractivity contribution < 1.29 is 14.6 Å². The summed E-state index contributed by atoms with van der Waals surface area (Å²) in [5.41, 5.74) is 1.32. The Labute approximate surface area is 108 Å². The number of rotatable bonds is 5. The molecule has 4 heteroatoms. The van der Waals surface area contributed by atoms with Gasteiger partial charge in [0.05, 0.1) is 13.0 Å². The van der Waals surface area contributed by atoms with E-state index in [1.807, 2.05) is 0 Å². The monoisotopic (exact) mass is 251 g/mol. The summed E-state index contributed by atoms with van der Waals surface area (Å²) in [5.74, 6) is 0.534. The van der Waals surface area contributed by atoms with E-state index in [2.05, 4.69) is 18.4 Å². The fraction of sp³-hybridized carbons (Fsp3) is 0.643. The SMILES string of the molecule is C=C/C(OC)=C1\C[C@H]1[C@H](C)N1CC[C@@H](C(=O)O)C1. The fourth-order valence-electron chi connectivity index (χ4n) is 2.88. The van der Waals surface area contributed by atoms with Crippen molar-refractivity contribution in [2.24, 2.45) is 11.8 Å². The first-order chi connectivity index (χ1) is 8.58. The summed E-state index contributed by atoms with van der Waals surface area (Å²) in [5, 5.41) is 9.01. The molecule has 0 radical (unpaired) electrons. The van der Waals surface area contributed by atoms with Crippen LogP contribution in [0.3, 0.4) is 0 Å². The molecule has 1 aliphatic carbocycles. The van der Waals surface area contributed by atoms with E-state index in [0.717, 1.165) is 25.1 Å². The zero-order chi connectivity index (χ0) is 13.3. The zero-order valence-electron chi connectivity index (χ0n) is 11.1. The second kappa shape index (κ2) is 5.14. The van der Waals surface area contributed by atoms with Crippen molar-refractivity contribution >= 4 is 5.97 Å². The van der Waals surface area contributed by atoms with Crippen LogP contribution in [0, 0.1) is 11.8 Å². The lowest BCUT2D eigenvalue weighted by Gasteiger charge is -2.23. The highest BCUT2D eigenvalue weighted by molar-refractivity contribution is 5.70. The minimum absolute atomic E-state index is 0.195. The number of likely N-dealkylation sites (tertiary alicyclic amines) is 1. The molecule has 0 unspecified atom stereocenters. The number of allylic oxidation sites excluding steroid dienone is 1. The van der Waals surface area contributed by atoms with Crippen LogP contribution in [0.15, 0.2) is 24.0 Å². The summed E-state index contributed by atoms with van der Waals surface area (Å²) >= 11 is 0. The Morgan fingerprint density at radius 3 is 2.89 bits per heavy atom. The molecule has 0 bridgehead atoms. The highest BCUT2D eigenvalue weighted by Gasteiger charge is 2.42. The fourth-order valence-corrected chi connectivity index (χ4v) is 2.88. The molecule has 1 N–H and O–H groups in total. The van der Waals surface area contributed by atoms with E-state index < -0.39 is 5.97 Å². The van der Waals surface area contributed by atoms with Crippen molar-refractivity contribution in [1.82, 2.24) is 4.90 Å². The molecule has 1 saturated heterocycles. The number of methoxy groups -OCH3 is 1. The van der Waals surface area contributed by atoms with Gasteiger partial charge in [0.2, 0.25) is 0 Å². The van der Waals surface area contributed by atoms with Crippen LogP contribution >= 0.6 is 0 Å². The third kappa shape index (κ3) is 2.43. The van der Waals surface area contributed by atoms with Crippen molar-refractivity contribution in [2.45, 2.75) is 25.8 Å². The number of carbonyl (C=O) groups is 1. The van der Waals surface area contributed by atoms with Gasteiger partial charge in [-0.1, -0.05) is 6.58 Å². The Morgan fingerprint density at radius 2 is 2.39 bits per heavy atom. The molecule has 2 aliphatic rings. The largest absolute Gasteiger partial charge is 0.497 e. The average Bonchev–Trinajstić information content (AvgIpc) is 2.96. The number of carboxylic acids is 1. The molecule has 4 nitrogen and oxygen atoms in total. The molecule has 1 heterocycles. The Bertz CT molecular complexity index is 389. The van der Waals surface area contributed by atoms with E-state index in [0.29, 0.717) is 18.5 Å². The van der Waals surface area contributed by atoms with E-state index in [4.69, 9.17) is 9.84 Å². The molecule has 2 rings (SSSR count). The second-order valence-electron chi connectivity index (χ2n) is 5.17. The summed E-state index contributed by atoms with van der Waals surface area (Å²) in [6.07, 6.45) is 3.57.